The number of methoxy groups -OCH3 is 1. The van der Waals surface area contributed by atoms with Crippen molar-refractivity contribution in [2.24, 2.45) is 0 Å². The molecule has 0 unspecified atom stereocenters. The van der Waals surface area contributed by atoms with Crippen molar-refractivity contribution in [2.75, 3.05) is 25.6 Å². The summed E-state index contributed by atoms with van der Waals surface area (Å²) in [7, 11) is 1.59. The molecule has 7 heteroatoms. The number of nitrogens with zero attached hydrogens (tertiary/aromatic N) is 2. The summed E-state index contributed by atoms with van der Waals surface area (Å²) in [5, 5.41) is 5.55. The molecular formula is C20H20N4O3. The summed E-state index contributed by atoms with van der Waals surface area (Å²) in [6, 6.07) is 14.5. The van der Waals surface area contributed by atoms with Gasteiger partial charge < -0.3 is 15.4 Å². The second-order valence-electron chi connectivity index (χ2n) is 5.91. The van der Waals surface area contributed by atoms with Crippen LogP contribution in [0.25, 0.3) is 11.0 Å². The topological polar surface area (TPSA) is 93.2 Å². The van der Waals surface area contributed by atoms with E-state index < -0.39 is 0 Å². The fourth-order valence-electron chi connectivity index (χ4n) is 2.51. The second-order valence-corrected chi connectivity index (χ2v) is 5.91. The fourth-order valence-corrected chi connectivity index (χ4v) is 2.51. The Morgan fingerprint density at radius 1 is 1.04 bits per heavy atom. The predicted molar refractivity (Wildman–Crippen MR) is 103 cm³/mol. The third-order valence-corrected chi connectivity index (χ3v) is 3.89. The van der Waals surface area contributed by atoms with E-state index in [1.165, 1.54) is 6.20 Å². The molecule has 0 fully saturated rings. The molecule has 1 heterocycles. The maximum Gasteiger partial charge on any atom is 0.275 e. The zero-order chi connectivity index (χ0) is 19.1. The zero-order valence-corrected chi connectivity index (χ0v) is 14.9. The molecule has 0 aliphatic rings. The monoisotopic (exact) mass is 364 g/mol. The van der Waals surface area contributed by atoms with Crippen LogP contribution in [0, 0.1) is 0 Å². The Labute approximate surface area is 156 Å². The Kier molecular flexibility index (Phi) is 6.06. The van der Waals surface area contributed by atoms with Gasteiger partial charge in [-0.05, 0) is 29.8 Å². The molecule has 138 valence electrons. The van der Waals surface area contributed by atoms with E-state index in [2.05, 4.69) is 20.6 Å². The van der Waals surface area contributed by atoms with Crippen LogP contribution in [-0.2, 0) is 16.0 Å². The maximum atomic E-state index is 12.4. The summed E-state index contributed by atoms with van der Waals surface area (Å²) in [6.07, 6.45) is 1.73. The van der Waals surface area contributed by atoms with Crippen LogP contribution in [0.5, 0.6) is 0 Å². The van der Waals surface area contributed by atoms with Crippen molar-refractivity contribution in [3.05, 3.63) is 66.0 Å². The van der Waals surface area contributed by atoms with Crippen molar-refractivity contribution in [2.45, 2.75) is 6.42 Å². The first kappa shape index (κ1) is 18.5. The molecule has 0 radical (unpaired) electrons. The van der Waals surface area contributed by atoms with Crippen LogP contribution in [0.3, 0.4) is 0 Å². The van der Waals surface area contributed by atoms with Crippen molar-refractivity contribution < 1.29 is 14.3 Å². The molecule has 7 nitrogen and oxygen atoms in total. The van der Waals surface area contributed by atoms with Gasteiger partial charge in [0.25, 0.3) is 5.91 Å². The van der Waals surface area contributed by atoms with Gasteiger partial charge in [0.1, 0.15) is 5.69 Å². The van der Waals surface area contributed by atoms with E-state index in [0.717, 1.165) is 11.1 Å². The van der Waals surface area contributed by atoms with E-state index in [9.17, 15) is 9.59 Å². The van der Waals surface area contributed by atoms with Gasteiger partial charge in [-0.25, -0.2) is 4.98 Å². The lowest BCUT2D eigenvalue weighted by Gasteiger charge is -2.07. The van der Waals surface area contributed by atoms with Gasteiger partial charge in [-0.15, -0.1) is 0 Å². The van der Waals surface area contributed by atoms with E-state index in [1.54, 1.807) is 31.4 Å². The average molecular weight is 364 g/mol. The number of rotatable bonds is 7. The summed E-state index contributed by atoms with van der Waals surface area (Å²) < 4.78 is 4.89. The Morgan fingerprint density at radius 3 is 2.52 bits per heavy atom. The highest BCUT2D eigenvalue weighted by molar-refractivity contribution is 6.03. The number of carbonyl (C=O) groups excluding carboxylic acids is 2. The molecule has 3 aromatic rings. The highest BCUT2D eigenvalue weighted by atomic mass is 16.5. The number of fused-ring (bicyclic) bond motifs is 1. The first-order valence-electron chi connectivity index (χ1n) is 8.53. The second kappa shape index (κ2) is 8.86. The molecule has 2 N–H and O–H groups in total. The van der Waals surface area contributed by atoms with Crippen LogP contribution in [0.2, 0.25) is 0 Å². The minimum atomic E-state index is -0.335. The molecular weight excluding hydrogens is 344 g/mol. The van der Waals surface area contributed by atoms with Crippen LogP contribution in [0.1, 0.15) is 16.1 Å². The number of hydrogen-bond acceptors (Lipinski definition) is 5. The molecule has 2 amide bonds. The van der Waals surface area contributed by atoms with Crippen molar-refractivity contribution in [1.82, 2.24) is 15.3 Å². The Morgan fingerprint density at radius 2 is 1.78 bits per heavy atom. The molecule has 3 rings (SSSR count). The van der Waals surface area contributed by atoms with Gasteiger partial charge >= 0.3 is 0 Å². The largest absolute Gasteiger partial charge is 0.383 e. The van der Waals surface area contributed by atoms with Crippen molar-refractivity contribution >= 4 is 28.5 Å². The Bertz CT molecular complexity index is 941. The van der Waals surface area contributed by atoms with Gasteiger partial charge in [0.05, 0.1) is 30.3 Å². The van der Waals surface area contributed by atoms with Gasteiger partial charge in [-0.3, -0.25) is 14.6 Å². The van der Waals surface area contributed by atoms with Gasteiger partial charge in [0, 0.05) is 19.3 Å². The van der Waals surface area contributed by atoms with Crippen LogP contribution < -0.4 is 10.6 Å². The predicted octanol–water partition coefficient (Wildman–Crippen LogP) is 2.19. The smallest absolute Gasteiger partial charge is 0.275 e. The Balaban J connectivity index is 1.60. The number of nitrogens with one attached hydrogen (secondary N) is 2. The van der Waals surface area contributed by atoms with Crippen LogP contribution in [0.15, 0.2) is 54.7 Å². The molecule has 2 aromatic carbocycles. The van der Waals surface area contributed by atoms with Crippen molar-refractivity contribution in [1.29, 1.82) is 0 Å². The van der Waals surface area contributed by atoms with Gasteiger partial charge in [-0.2, -0.15) is 0 Å². The van der Waals surface area contributed by atoms with E-state index in [4.69, 9.17) is 4.74 Å². The normalized spacial score (nSPS) is 10.6. The molecule has 1 aromatic heterocycles. The number of carbonyl (C=O) groups is 2. The van der Waals surface area contributed by atoms with E-state index in [1.807, 2.05) is 24.3 Å². The number of ether oxygens (including phenoxy) is 1. The minimum Gasteiger partial charge on any atom is -0.383 e. The molecule has 0 saturated heterocycles. The number of amides is 2. The fraction of sp³-hybridized carbons (Fsp3) is 0.200. The lowest BCUT2D eigenvalue weighted by atomic mass is 10.1. The quantitative estimate of drug-likeness (QED) is 0.627. The van der Waals surface area contributed by atoms with Crippen LogP contribution in [0.4, 0.5) is 5.69 Å². The average Bonchev–Trinajstić information content (AvgIpc) is 2.69. The number of anilines is 1. The number of benzene rings is 2. The summed E-state index contributed by atoms with van der Waals surface area (Å²) in [5.74, 6) is -0.409. The van der Waals surface area contributed by atoms with Gasteiger partial charge in [0.2, 0.25) is 5.91 Å². The lowest BCUT2D eigenvalue weighted by molar-refractivity contribution is -0.120. The molecule has 0 bridgehead atoms. The maximum absolute atomic E-state index is 12.4. The van der Waals surface area contributed by atoms with Crippen molar-refractivity contribution in [3.8, 4) is 0 Å². The molecule has 27 heavy (non-hydrogen) atoms. The number of aromatic nitrogens is 2. The van der Waals surface area contributed by atoms with Crippen molar-refractivity contribution in [3.63, 3.8) is 0 Å². The first-order valence-corrected chi connectivity index (χ1v) is 8.53. The molecule has 0 aliphatic carbocycles. The molecule has 0 saturated carbocycles. The first-order chi connectivity index (χ1) is 13.2. The lowest BCUT2D eigenvalue weighted by Crippen LogP contribution is -2.28. The Hall–Kier alpha value is -3.32. The van der Waals surface area contributed by atoms with E-state index in [0.29, 0.717) is 24.4 Å². The summed E-state index contributed by atoms with van der Waals surface area (Å²) in [5.41, 5.74) is 3.13. The number of hydrogen-bond donors (Lipinski definition) is 2. The zero-order valence-electron chi connectivity index (χ0n) is 14.9. The minimum absolute atomic E-state index is 0.0738. The summed E-state index contributed by atoms with van der Waals surface area (Å²) in [6.45, 7) is 0.963. The number of para-hydroxylation sites is 2. The molecule has 0 spiro atoms. The molecule has 0 atom stereocenters. The SMILES string of the molecule is COCCNC(=O)Cc1ccc(NC(=O)c2cnc3ccccc3n2)cc1. The van der Waals surface area contributed by atoms with Crippen LogP contribution >= 0.6 is 0 Å². The highest BCUT2D eigenvalue weighted by Gasteiger charge is 2.10. The summed E-state index contributed by atoms with van der Waals surface area (Å²) >= 11 is 0. The standard InChI is InChI=1S/C20H20N4O3/c1-27-11-10-21-19(25)12-14-6-8-15(9-7-14)23-20(26)18-13-22-16-4-2-3-5-17(16)24-18/h2-9,13H,10-12H2,1H3,(H,21,25)(H,23,26). The third kappa shape index (κ3) is 5.08. The highest BCUT2D eigenvalue weighted by Crippen LogP contribution is 2.13. The van der Waals surface area contributed by atoms with E-state index in [-0.39, 0.29) is 23.9 Å². The van der Waals surface area contributed by atoms with Gasteiger partial charge in [0.15, 0.2) is 0 Å². The van der Waals surface area contributed by atoms with Crippen LogP contribution in [-0.4, -0.2) is 42.0 Å². The van der Waals surface area contributed by atoms with E-state index >= 15 is 0 Å². The molecule has 0 aliphatic heterocycles. The van der Waals surface area contributed by atoms with Gasteiger partial charge in [-0.1, -0.05) is 24.3 Å². The third-order valence-electron chi connectivity index (χ3n) is 3.89. The summed E-state index contributed by atoms with van der Waals surface area (Å²) in [4.78, 5) is 32.7.